The van der Waals surface area contributed by atoms with Crippen molar-refractivity contribution in [2.45, 2.75) is 6.61 Å². The molecule has 1 N–H and O–H groups in total. The van der Waals surface area contributed by atoms with Crippen molar-refractivity contribution in [3.8, 4) is 23.0 Å². The van der Waals surface area contributed by atoms with Gasteiger partial charge in [0.25, 0.3) is 5.91 Å². The van der Waals surface area contributed by atoms with Gasteiger partial charge in [0, 0.05) is 11.8 Å². The third kappa shape index (κ3) is 7.53. The maximum atomic E-state index is 12.1. The van der Waals surface area contributed by atoms with E-state index in [1.165, 1.54) is 26.4 Å². The van der Waals surface area contributed by atoms with Crippen LogP contribution in [0, 0.1) is 0 Å². The lowest BCUT2D eigenvalue weighted by Crippen LogP contribution is -2.20. The predicted molar refractivity (Wildman–Crippen MR) is 132 cm³/mol. The third-order valence-corrected chi connectivity index (χ3v) is 4.84. The van der Waals surface area contributed by atoms with Crippen LogP contribution in [-0.2, 0) is 20.9 Å². The van der Waals surface area contributed by atoms with Crippen LogP contribution in [0.25, 0.3) is 6.08 Å². The highest BCUT2D eigenvalue weighted by molar-refractivity contribution is 5.94. The molecule has 0 heterocycles. The highest BCUT2D eigenvalue weighted by Gasteiger charge is 2.14. The Bertz CT molecular complexity index is 1130. The Balaban J connectivity index is 1.58. The number of methoxy groups -OCH3 is 3. The summed E-state index contributed by atoms with van der Waals surface area (Å²) in [6.45, 7) is -0.0816. The van der Waals surface area contributed by atoms with Crippen molar-refractivity contribution in [3.05, 3.63) is 83.9 Å². The molecule has 0 aliphatic heterocycles. The average molecular weight is 478 g/mol. The van der Waals surface area contributed by atoms with Crippen LogP contribution in [0.4, 0.5) is 5.69 Å². The molecule has 0 aromatic heterocycles. The lowest BCUT2D eigenvalue weighted by atomic mass is 10.1. The van der Waals surface area contributed by atoms with E-state index in [1.807, 2.05) is 30.3 Å². The van der Waals surface area contributed by atoms with Gasteiger partial charge in [-0.15, -0.1) is 0 Å². The number of carbonyl (C=O) groups excluding carboxylic acids is 2. The fraction of sp³-hybridized carbons (Fsp3) is 0.185. The minimum Gasteiger partial charge on any atom is -0.497 e. The van der Waals surface area contributed by atoms with E-state index in [2.05, 4.69) is 5.32 Å². The number of amides is 1. The van der Waals surface area contributed by atoms with Gasteiger partial charge in [-0.1, -0.05) is 30.3 Å². The first kappa shape index (κ1) is 25.2. The van der Waals surface area contributed by atoms with Crippen LogP contribution >= 0.6 is 0 Å². The summed E-state index contributed by atoms with van der Waals surface area (Å²) in [6, 6.07) is 19.9. The molecule has 3 aromatic carbocycles. The highest BCUT2D eigenvalue weighted by Crippen LogP contribution is 2.39. The molecule has 0 atom stereocenters. The Kier molecular flexibility index (Phi) is 9.13. The lowest BCUT2D eigenvalue weighted by molar-refractivity contribution is -0.142. The second-order valence-electron chi connectivity index (χ2n) is 7.25. The molecule has 0 spiro atoms. The minimum absolute atomic E-state index is 0.341. The number of benzene rings is 3. The van der Waals surface area contributed by atoms with E-state index in [9.17, 15) is 9.59 Å². The molecule has 0 unspecified atom stereocenters. The molecular formula is C27H27NO7. The number of nitrogens with one attached hydrogen (secondary N) is 1. The molecular weight excluding hydrogens is 450 g/mol. The van der Waals surface area contributed by atoms with Gasteiger partial charge in [-0.05, 0) is 53.6 Å². The Hall–Kier alpha value is -4.46. The zero-order valence-electron chi connectivity index (χ0n) is 19.8. The number of rotatable bonds is 11. The van der Waals surface area contributed by atoms with Crippen LogP contribution < -0.4 is 24.3 Å². The number of anilines is 1. The standard InChI is InChI=1S/C27H27NO7/c1-31-22-12-10-21(11-13-22)28-25(29)18-34-26(30)14-9-20-15-23(32-2)27(24(16-20)33-3)35-17-19-7-5-4-6-8-19/h4-16H,17-18H2,1-3H3,(H,28,29)/b14-9+. The topological polar surface area (TPSA) is 92.3 Å². The van der Waals surface area contributed by atoms with Gasteiger partial charge in [-0.2, -0.15) is 0 Å². The van der Waals surface area contributed by atoms with Gasteiger partial charge in [0.1, 0.15) is 12.4 Å². The Morgan fingerprint density at radius 1 is 0.857 bits per heavy atom. The summed E-state index contributed by atoms with van der Waals surface area (Å²) in [5, 5.41) is 2.64. The SMILES string of the molecule is COc1ccc(NC(=O)COC(=O)/C=C/c2cc(OC)c(OCc3ccccc3)c(OC)c2)cc1. The fourth-order valence-electron chi connectivity index (χ4n) is 3.09. The van der Waals surface area contributed by atoms with Crippen molar-refractivity contribution < 1.29 is 33.3 Å². The van der Waals surface area contributed by atoms with Crippen molar-refractivity contribution in [3.63, 3.8) is 0 Å². The molecule has 0 saturated heterocycles. The van der Waals surface area contributed by atoms with Gasteiger partial charge in [0.15, 0.2) is 18.1 Å². The number of hydrogen-bond donors (Lipinski definition) is 1. The van der Waals surface area contributed by atoms with Crippen LogP contribution in [0.3, 0.4) is 0 Å². The molecule has 0 radical (unpaired) electrons. The van der Waals surface area contributed by atoms with Crippen molar-refractivity contribution in [2.75, 3.05) is 33.3 Å². The third-order valence-electron chi connectivity index (χ3n) is 4.84. The Morgan fingerprint density at radius 3 is 2.11 bits per heavy atom. The Morgan fingerprint density at radius 2 is 1.51 bits per heavy atom. The number of ether oxygens (including phenoxy) is 5. The first-order chi connectivity index (χ1) is 17.0. The first-order valence-corrected chi connectivity index (χ1v) is 10.7. The molecule has 8 heteroatoms. The van der Waals surface area contributed by atoms with E-state index >= 15 is 0 Å². The first-order valence-electron chi connectivity index (χ1n) is 10.7. The molecule has 35 heavy (non-hydrogen) atoms. The van der Waals surface area contributed by atoms with Crippen LogP contribution in [0.5, 0.6) is 23.0 Å². The van der Waals surface area contributed by atoms with E-state index in [1.54, 1.807) is 43.5 Å². The second-order valence-corrected chi connectivity index (χ2v) is 7.25. The molecule has 0 fully saturated rings. The molecule has 3 rings (SSSR count). The number of esters is 1. The second kappa shape index (κ2) is 12.7. The predicted octanol–water partition coefficient (Wildman–Crippen LogP) is 4.49. The van der Waals surface area contributed by atoms with Gasteiger partial charge < -0.3 is 29.0 Å². The fourth-order valence-corrected chi connectivity index (χ4v) is 3.09. The van der Waals surface area contributed by atoms with Crippen molar-refractivity contribution in [1.82, 2.24) is 0 Å². The molecule has 0 aliphatic carbocycles. The molecule has 8 nitrogen and oxygen atoms in total. The summed E-state index contributed by atoms with van der Waals surface area (Å²) in [5.74, 6) is 0.897. The Labute approximate surface area is 204 Å². The van der Waals surface area contributed by atoms with E-state index in [-0.39, 0.29) is 0 Å². The van der Waals surface area contributed by atoms with E-state index < -0.39 is 18.5 Å². The molecule has 1 amide bonds. The average Bonchev–Trinajstić information content (AvgIpc) is 2.90. The molecule has 0 saturated carbocycles. The zero-order valence-corrected chi connectivity index (χ0v) is 19.8. The zero-order chi connectivity index (χ0) is 25.0. The molecule has 0 bridgehead atoms. The summed E-state index contributed by atoms with van der Waals surface area (Å²) in [4.78, 5) is 24.1. The summed E-state index contributed by atoms with van der Waals surface area (Å²) in [7, 11) is 4.60. The summed E-state index contributed by atoms with van der Waals surface area (Å²) >= 11 is 0. The highest BCUT2D eigenvalue weighted by atomic mass is 16.5. The summed E-state index contributed by atoms with van der Waals surface area (Å²) in [6.07, 6.45) is 2.76. The quantitative estimate of drug-likeness (QED) is 0.321. The van der Waals surface area contributed by atoms with E-state index in [0.29, 0.717) is 40.9 Å². The van der Waals surface area contributed by atoms with E-state index in [4.69, 9.17) is 23.7 Å². The van der Waals surface area contributed by atoms with Gasteiger partial charge in [-0.25, -0.2) is 4.79 Å². The van der Waals surface area contributed by atoms with Crippen LogP contribution in [0.2, 0.25) is 0 Å². The molecule has 182 valence electrons. The van der Waals surface area contributed by atoms with Crippen LogP contribution in [0.15, 0.2) is 72.8 Å². The van der Waals surface area contributed by atoms with Crippen molar-refractivity contribution in [2.24, 2.45) is 0 Å². The normalized spacial score (nSPS) is 10.5. The van der Waals surface area contributed by atoms with Crippen LogP contribution in [-0.4, -0.2) is 39.8 Å². The van der Waals surface area contributed by atoms with E-state index in [0.717, 1.165) is 5.56 Å². The number of hydrogen-bond acceptors (Lipinski definition) is 7. The maximum absolute atomic E-state index is 12.1. The van der Waals surface area contributed by atoms with Crippen molar-refractivity contribution in [1.29, 1.82) is 0 Å². The van der Waals surface area contributed by atoms with Crippen molar-refractivity contribution >= 4 is 23.6 Å². The largest absolute Gasteiger partial charge is 0.497 e. The number of carbonyl (C=O) groups is 2. The lowest BCUT2D eigenvalue weighted by Gasteiger charge is -2.15. The maximum Gasteiger partial charge on any atom is 0.331 e. The van der Waals surface area contributed by atoms with Crippen LogP contribution in [0.1, 0.15) is 11.1 Å². The van der Waals surface area contributed by atoms with Gasteiger partial charge in [-0.3, -0.25) is 4.79 Å². The summed E-state index contributed by atoms with van der Waals surface area (Å²) < 4.78 is 26.9. The smallest absolute Gasteiger partial charge is 0.331 e. The van der Waals surface area contributed by atoms with Gasteiger partial charge in [0.05, 0.1) is 21.3 Å². The minimum atomic E-state index is -0.669. The monoisotopic (exact) mass is 477 g/mol. The van der Waals surface area contributed by atoms with Gasteiger partial charge >= 0.3 is 5.97 Å². The van der Waals surface area contributed by atoms with Gasteiger partial charge in [0.2, 0.25) is 5.75 Å². The summed E-state index contributed by atoms with van der Waals surface area (Å²) in [5.41, 5.74) is 2.20. The molecule has 0 aliphatic rings. The molecule has 3 aromatic rings.